The molecule has 1 aliphatic heterocycles. The number of allylic oxidation sites excluding steroid dienone is 2. The summed E-state index contributed by atoms with van der Waals surface area (Å²) in [7, 11) is 2.52. The van der Waals surface area contributed by atoms with Gasteiger partial charge < -0.3 is 15.0 Å². The second-order valence-corrected chi connectivity index (χ2v) is 8.43. The van der Waals surface area contributed by atoms with Crippen LogP contribution in [-0.4, -0.2) is 33.4 Å². The SMILES string of the molecule is CCCN(C1=C(C)C=C(C(=O)OC)CN1)c1ccc(BCC(C)(C)C)cc1. The van der Waals surface area contributed by atoms with Gasteiger partial charge in [-0.3, -0.25) is 0 Å². The van der Waals surface area contributed by atoms with Crippen LogP contribution in [0.25, 0.3) is 0 Å². The van der Waals surface area contributed by atoms with E-state index in [0.29, 0.717) is 17.5 Å². The number of carbonyl (C=O) groups is 1. The zero-order chi connectivity index (χ0) is 20.0. The molecule has 0 radical (unpaired) electrons. The number of hydrogen-bond acceptors (Lipinski definition) is 4. The lowest BCUT2D eigenvalue weighted by Crippen LogP contribution is -2.37. The number of anilines is 1. The Hall–Kier alpha value is -2.17. The lowest BCUT2D eigenvalue weighted by molar-refractivity contribution is -0.136. The number of ether oxygens (including phenoxy) is 1. The van der Waals surface area contributed by atoms with Crippen molar-refractivity contribution in [1.82, 2.24) is 5.32 Å². The normalized spacial score (nSPS) is 14.4. The second kappa shape index (κ2) is 9.16. The predicted octanol–water partition coefficient (Wildman–Crippen LogP) is 3.36. The first-order valence-corrected chi connectivity index (χ1v) is 9.85. The molecule has 1 aromatic rings. The molecule has 1 heterocycles. The topological polar surface area (TPSA) is 41.6 Å². The molecule has 0 spiro atoms. The maximum atomic E-state index is 11.8. The summed E-state index contributed by atoms with van der Waals surface area (Å²) in [5.41, 5.74) is 4.61. The van der Waals surface area contributed by atoms with Crippen LogP contribution in [0.15, 0.2) is 47.3 Å². The largest absolute Gasteiger partial charge is 0.466 e. The van der Waals surface area contributed by atoms with Crippen LogP contribution < -0.4 is 15.7 Å². The van der Waals surface area contributed by atoms with Crippen LogP contribution >= 0.6 is 0 Å². The van der Waals surface area contributed by atoms with Gasteiger partial charge in [-0.05, 0) is 42.5 Å². The average molecular weight is 368 g/mol. The van der Waals surface area contributed by atoms with Crippen LogP contribution in [0.3, 0.4) is 0 Å². The molecule has 2 rings (SSSR count). The number of nitrogens with zero attached hydrogens (tertiary/aromatic N) is 1. The molecule has 0 saturated heterocycles. The minimum atomic E-state index is -0.272. The first-order chi connectivity index (χ1) is 12.7. The summed E-state index contributed by atoms with van der Waals surface area (Å²) in [4.78, 5) is 14.1. The smallest absolute Gasteiger partial charge is 0.335 e. The van der Waals surface area contributed by atoms with Crippen LogP contribution in [0.1, 0.15) is 41.0 Å². The van der Waals surface area contributed by atoms with E-state index in [4.69, 9.17) is 4.74 Å². The molecule has 27 heavy (non-hydrogen) atoms. The number of dihydropyridines is 1. The number of hydrogen-bond donors (Lipinski definition) is 1. The molecular formula is C22H33BN2O2. The monoisotopic (exact) mass is 368 g/mol. The van der Waals surface area contributed by atoms with Gasteiger partial charge in [0.15, 0.2) is 7.28 Å². The van der Waals surface area contributed by atoms with Gasteiger partial charge in [0.2, 0.25) is 0 Å². The first-order valence-electron chi connectivity index (χ1n) is 9.85. The zero-order valence-corrected chi connectivity index (χ0v) is 17.7. The Morgan fingerprint density at radius 2 is 1.93 bits per heavy atom. The highest BCUT2D eigenvalue weighted by Crippen LogP contribution is 2.24. The van der Waals surface area contributed by atoms with E-state index in [2.05, 4.69) is 62.2 Å². The third kappa shape index (κ3) is 5.91. The zero-order valence-electron chi connectivity index (χ0n) is 17.7. The van der Waals surface area contributed by atoms with Gasteiger partial charge in [-0.15, -0.1) is 0 Å². The third-order valence-corrected chi connectivity index (χ3v) is 4.79. The minimum absolute atomic E-state index is 0.272. The quantitative estimate of drug-likeness (QED) is 0.592. The molecule has 5 heteroatoms. The molecule has 1 aromatic carbocycles. The molecule has 0 aromatic heterocycles. The van der Waals surface area contributed by atoms with Crippen molar-refractivity contribution in [2.75, 3.05) is 25.1 Å². The van der Waals surface area contributed by atoms with Crippen molar-refractivity contribution >= 4 is 24.4 Å². The highest BCUT2D eigenvalue weighted by molar-refractivity contribution is 6.53. The summed E-state index contributed by atoms with van der Waals surface area (Å²) < 4.78 is 4.84. The van der Waals surface area contributed by atoms with Crippen LogP contribution in [0.2, 0.25) is 6.32 Å². The van der Waals surface area contributed by atoms with Crippen molar-refractivity contribution in [2.45, 2.75) is 47.4 Å². The van der Waals surface area contributed by atoms with E-state index in [0.717, 1.165) is 31.6 Å². The average Bonchev–Trinajstić information content (AvgIpc) is 2.64. The van der Waals surface area contributed by atoms with E-state index in [9.17, 15) is 4.79 Å². The first kappa shape index (κ1) is 21.1. The van der Waals surface area contributed by atoms with E-state index in [-0.39, 0.29) is 5.97 Å². The van der Waals surface area contributed by atoms with E-state index in [1.165, 1.54) is 24.6 Å². The van der Waals surface area contributed by atoms with Gasteiger partial charge in [0.1, 0.15) is 5.82 Å². The fraction of sp³-hybridized carbons (Fsp3) is 0.500. The van der Waals surface area contributed by atoms with Gasteiger partial charge in [0.25, 0.3) is 0 Å². The van der Waals surface area contributed by atoms with Crippen molar-refractivity contribution in [3.63, 3.8) is 0 Å². The molecule has 0 saturated carbocycles. The highest BCUT2D eigenvalue weighted by Gasteiger charge is 2.21. The van der Waals surface area contributed by atoms with E-state index < -0.39 is 0 Å². The second-order valence-electron chi connectivity index (χ2n) is 8.43. The molecule has 4 nitrogen and oxygen atoms in total. The van der Waals surface area contributed by atoms with Gasteiger partial charge >= 0.3 is 5.97 Å². The fourth-order valence-electron chi connectivity index (χ4n) is 3.23. The Kier molecular flexibility index (Phi) is 7.17. The van der Waals surface area contributed by atoms with Crippen LogP contribution in [0.4, 0.5) is 5.69 Å². The van der Waals surface area contributed by atoms with Gasteiger partial charge in [-0.1, -0.05) is 51.6 Å². The lowest BCUT2D eigenvalue weighted by atomic mass is 9.60. The van der Waals surface area contributed by atoms with Gasteiger partial charge in [-0.25, -0.2) is 4.79 Å². The Morgan fingerprint density at radius 3 is 2.44 bits per heavy atom. The van der Waals surface area contributed by atoms with Crippen molar-refractivity contribution in [2.24, 2.45) is 5.41 Å². The third-order valence-electron chi connectivity index (χ3n) is 4.79. The lowest BCUT2D eigenvalue weighted by Gasteiger charge is -2.32. The van der Waals surface area contributed by atoms with E-state index in [1.807, 2.05) is 13.0 Å². The van der Waals surface area contributed by atoms with Crippen LogP contribution in [0.5, 0.6) is 0 Å². The molecular weight excluding hydrogens is 335 g/mol. The van der Waals surface area contributed by atoms with E-state index >= 15 is 0 Å². The van der Waals surface area contributed by atoms with Crippen molar-refractivity contribution in [3.8, 4) is 0 Å². The molecule has 0 atom stereocenters. The Morgan fingerprint density at radius 1 is 1.26 bits per heavy atom. The van der Waals surface area contributed by atoms with Crippen molar-refractivity contribution < 1.29 is 9.53 Å². The van der Waals surface area contributed by atoms with E-state index in [1.54, 1.807) is 0 Å². The molecule has 0 fully saturated rings. The summed E-state index contributed by atoms with van der Waals surface area (Å²) in [5, 5.41) is 3.41. The molecule has 0 bridgehead atoms. The molecule has 1 N–H and O–H groups in total. The number of esters is 1. The fourth-order valence-corrected chi connectivity index (χ4v) is 3.23. The maximum absolute atomic E-state index is 11.8. The summed E-state index contributed by atoms with van der Waals surface area (Å²) in [6, 6.07) is 8.88. The van der Waals surface area contributed by atoms with Gasteiger partial charge in [-0.2, -0.15) is 0 Å². The molecule has 0 unspecified atom stereocenters. The number of methoxy groups -OCH3 is 1. The number of rotatable bonds is 7. The number of carbonyl (C=O) groups excluding carboxylic acids is 1. The van der Waals surface area contributed by atoms with Crippen molar-refractivity contribution in [1.29, 1.82) is 0 Å². The molecule has 146 valence electrons. The predicted molar refractivity (Wildman–Crippen MR) is 116 cm³/mol. The molecule has 0 aliphatic carbocycles. The summed E-state index contributed by atoms with van der Waals surface area (Å²) in [6.07, 6.45) is 4.15. The Bertz CT molecular complexity index is 715. The molecule has 1 aliphatic rings. The van der Waals surface area contributed by atoms with Crippen molar-refractivity contribution in [3.05, 3.63) is 47.3 Å². The number of nitrogens with one attached hydrogen (secondary N) is 1. The summed E-state index contributed by atoms with van der Waals surface area (Å²) >= 11 is 0. The Labute approximate surface area is 164 Å². The number of benzene rings is 1. The standard InChI is InChI=1S/C22H33BN2O2/c1-7-12-25(20-16(2)13-17(14-24-20)21(26)27-6)19-10-8-18(9-11-19)23-15-22(3,4)5/h8-11,13,23-24H,7,12,14-15H2,1-6H3. The minimum Gasteiger partial charge on any atom is -0.466 e. The summed E-state index contributed by atoms with van der Waals surface area (Å²) in [6.45, 7) is 12.5. The van der Waals surface area contributed by atoms with Gasteiger partial charge in [0, 0.05) is 18.8 Å². The van der Waals surface area contributed by atoms with Crippen LogP contribution in [0, 0.1) is 5.41 Å². The van der Waals surface area contributed by atoms with Gasteiger partial charge in [0.05, 0.1) is 12.7 Å². The maximum Gasteiger partial charge on any atom is 0.335 e. The van der Waals surface area contributed by atoms with Crippen LogP contribution in [-0.2, 0) is 9.53 Å². The Balaban J connectivity index is 2.22. The molecule has 0 amide bonds. The highest BCUT2D eigenvalue weighted by atomic mass is 16.5. The summed E-state index contributed by atoms with van der Waals surface area (Å²) in [5.74, 6) is 0.790.